The number of carbonyl (C=O) groups excluding carboxylic acids is 2. The Morgan fingerprint density at radius 2 is 1.68 bits per heavy atom. The van der Waals surface area contributed by atoms with E-state index in [1.807, 2.05) is 6.92 Å². The van der Waals surface area contributed by atoms with Crippen LogP contribution in [0.3, 0.4) is 0 Å². The molecule has 0 aromatic carbocycles. The van der Waals surface area contributed by atoms with Crippen molar-refractivity contribution in [3.63, 3.8) is 0 Å². The highest BCUT2D eigenvalue weighted by atomic mass is 16.5. The number of fused-ring (bicyclic) bond motifs is 2. The molecule has 0 saturated heterocycles. The molecule has 0 aromatic rings. The third-order valence-corrected chi connectivity index (χ3v) is 6.59. The second-order valence-corrected chi connectivity index (χ2v) is 9.10. The molecule has 2 fully saturated rings. The number of hydrogen-bond acceptors (Lipinski definition) is 5. The molecule has 2 saturated carbocycles. The van der Waals surface area contributed by atoms with Crippen LogP contribution in [-0.2, 0) is 23.9 Å². The summed E-state index contributed by atoms with van der Waals surface area (Å²) in [6.07, 6.45) is 6.73. The Labute approximate surface area is 187 Å². The molecule has 1 N–H and O–H groups in total. The van der Waals surface area contributed by atoms with Gasteiger partial charge in [-0.15, -0.1) is 0 Å². The molecule has 3 atom stereocenters. The molecule has 0 amide bonds. The van der Waals surface area contributed by atoms with Crippen LogP contribution in [0, 0.1) is 16.7 Å². The van der Waals surface area contributed by atoms with E-state index in [0.717, 1.165) is 19.3 Å². The summed E-state index contributed by atoms with van der Waals surface area (Å²) in [5.41, 5.74) is 1.13. The van der Waals surface area contributed by atoms with Gasteiger partial charge in [0.2, 0.25) is 0 Å². The van der Waals surface area contributed by atoms with Crippen molar-refractivity contribution in [3.05, 3.63) is 37.0 Å². The highest BCUT2D eigenvalue weighted by Gasteiger charge is 2.62. The lowest BCUT2D eigenvalue weighted by Gasteiger charge is -2.38. The summed E-state index contributed by atoms with van der Waals surface area (Å²) in [4.78, 5) is 31.6. The minimum atomic E-state index is -0.935. The molecular formula is C25H40O6. The molecule has 31 heavy (non-hydrogen) atoms. The maximum atomic E-state index is 11.6. The van der Waals surface area contributed by atoms with Gasteiger partial charge in [-0.25, -0.2) is 14.4 Å². The van der Waals surface area contributed by atoms with Gasteiger partial charge in [0, 0.05) is 22.6 Å². The summed E-state index contributed by atoms with van der Waals surface area (Å²) in [6, 6.07) is 0. The van der Waals surface area contributed by atoms with Gasteiger partial charge in [0.05, 0.1) is 6.61 Å². The van der Waals surface area contributed by atoms with E-state index in [0.29, 0.717) is 23.5 Å². The maximum absolute atomic E-state index is 11.6. The van der Waals surface area contributed by atoms with E-state index in [1.54, 1.807) is 6.92 Å². The second kappa shape index (κ2) is 12.5. The van der Waals surface area contributed by atoms with Crippen LogP contribution in [0.1, 0.15) is 73.6 Å². The van der Waals surface area contributed by atoms with Crippen molar-refractivity contribution in [2.24, 2.45) is 16.7 Å². The zero-order valence-electron chi connectivity index (χ0n) is 20.1. The molecule has 3 unspecified atom stereocenters. The van der Waals surface area contributed by atoms with E-state index in [9.17, 15) is 14.4 Å². The molecule has 2 aliphatic carbocycles. The first-order valence-corrected chi connectivity index (χ1v) is 10.8. The summed E-state index contributed by atoms with van der Waals surface area (Å²) in [5.74, 6) is -0.784. The molecule has 2 bridgehead atoms. The van der Waals surface area contributed by atoms with Crippen molar-refractivity contribution in [1.82, 2.24) is 0 Å². The van der Waals surface area contributed by atoms with Crippen molar-refractivity contribution < 1.29 is 29.0 Å². The molecule has 0 aliphatic heterocycles. The van der Waals surface area contributed by atoms with E-state index in [4.69, 9.17) is 9.84 Å². The third-order valence-electron chi connectivity index (χ3n) is 6.59. The lowest BCUT2D eigenvalue weighted by molar-refractivity contribution is -0.152. The minimum Gasteiger partial charge on any atom is -0.478 e. The number of ether oxygens (including phenoxy) is 2. The van der Waals surface area contributed by atoms with Crippen LogP contribution in [0.2, 0.25) is 0 Å². The quantitative estimate of drug-likeness (QED) is 0.323. The number of carboxylic acid groups (broad SMARTS) is 1. The van der Waals surface area contributed by atoms with Crippen LogP contribution in [0.5, 0.6) is 0 Å². The standard InChI is InChI=1S/C14H22O2.C7H12O2.C4H6O2/c1-9(2)12(15)16-11-8-10-6-7-14(11,5)13(10,3)4;1-3-5-6-9-7(8)4-2;1-3(2)4(5)6/h10-11H,1,6-8H2,2-5H3;4H,2-3,5-6H2,1H3;1H2,2H3,(H,5,6). The third kappa shape index (κ3) is 8.00. The van der Waals surface area contributed by atoms with E-state index in [1.165, 1.54) is 25.8 Å². The van der Waals surface area contributed by atoms with Crippen molar-refractivity contribution in [3.8, 4) is 0 Å². The van der Waals surface area contributed by atoms with Gasteiger partial charge in [0.15, 0.2) is 0 Å². The van der Waals surface area contributed by atoms with Gasteiger partial charge in [0.1, 0.15) is 6.10 Å². The Balaban J connectivity index is 0.000000509. The fourth-order valence-electron chi connectivity index (χ4n) is 3.91. The number of esters is 2. The van der Waals surface area contributed by atoms with Crippen molar-refractivity contribution >= 4 is 17.9 Å². The molecule has 6 heteroatoms. The first-order chi connectivity index (χ1) is 14.2. The van der Waals surface area contributed by atoms with Crippen LogP contribution in [0.15, 0.2) is 37.0 Å². The highest BCUT2D eigenvalue weighted by molar-refractivity contribution is 5.87. The van der Waals surface area contributed by atoms with Crippen LogP contribution in [0.4, 0.5) is 0 Å². The summed E-state index contributed by atoms with van der Waals surface area (Å²) in [6.45, 7) is 22.7. The smallest absolute Gasteiger partial charge is 0.333 e. The summed E-state index contributed by atoms with van der Waals surface area (Å²) < 4.78 is 10.3. The summed E-state index contributed by atoms with van der Waals surface area (Å²) >= 11 is 0. The Morgan fingerprint density at radius 3 is 2.00 bits per heavy atom. The fraction of sp³-hybridized carbons (Fsp3) is 0.640. The van der Waals surface area contributed by atoms with E-state index < -0.39 is 5.97 Å². The van der Waals surface area contributed by atoms with Crippen LogP contribution in [0.25, 0.3) is 0 Å². The number of carboxylic acids is 1. The monoisotopic (exact) mass is 436 g/mol. The Hall–Kier alpha value is -2.37. The van der Waals surface area contributed by atoms with Gasteiger partial charge in [0.25, 0.3) is 0 Å². The van der Waals surface area contributed by atoms with Crippen LogP contribution >= 0.6 is 0 Å². The fourth-order valence-corrected chi connectivity index (χ4v) is 3.91. The molecule has 6 nitrogen and oxygen atoms in total. The molecule has 0 heterocycles. The lowest BCUT2D eigenvalue weighted by atomic mass is 9.70. The molecule has 0 spiro atoms. The SMILES string of the molecule is C=C(C)C(=O)O.C=C(C)C(=O)OC1CC2CCC1(C)C2(C)C.C=CC(=O)OCCCC. The van der Waals surface area contributed by atoms with Crippen molar-refractivity contribution in [2.45, 2.75) is 79.8 Å². The highest BCUT2D eigenvalue weighted by Crippen LogP contribution is 2.66. The zero-order valence-corrected chi connectivity index (χ0v) is 20.1. The summed E-state index contributed by atoms with van der Waals surface area (Å²) in [5, 5.41) is 7.89. The minimum absolute atomic E-state index is 0.0884. The van der Waals surface area contributed by atoms with Gasteiger partial charge >= 0.3 is 17.9 Å². The topological polar surface area (TPSA) is 89.9 Å². The molecule has 2 rings (SSSR count). The van der Waals surface area contributed by atoms with E-state index >= 15 is 0 Å². The Morgan fingerprint density at radius 1 is 1.13 bits per heavy atom. The average Bonchev–Trinajstić information content (AvgIpc) is 3.02. The molecule has 2 aliphatic rings. The Bertz CT molecular complexity index is 678. The number of carbonyl (C=O) groups is 3. The first kappa shape index (κ1) is 28.6. The predicted molar refractivity (Wildman–Crippen MR) is 122 cm³/mol. The van der Waals surface area contributed by atoms with E-state index in [-0.39, 0.29) is 29.0 Å². The molecular weight excluding hydrogens is 396 g/mol. The molecule has 176 valence electrons. The lowest BCUT2D eigenvalue weighted by Crippen LogP contribution is -2.38. The van der Waals surface area contributed by atoms with Crippen molar-refractivity contribution in [1.29, 1.82) is 0 Å². The number of rotatable bonds is 7. The number of unbranched alkanes of at least 4 members (excludes halogenated alkanes) is 1. The Kier molecular flexibility index (Phi) is 11.5. The van der Waals surface area contributed by atoms with E-state index in [2.05, 4.69) is 45.2 Å². The first-order valence-electron chi connectivity index (χ1n) is 10.8. The predicted octanol–water partition coefficient (Wildman–Crippen LogP) is 5.48. The average molecular weight is 437 g/mol. The van der Waals surface area contributed by atoms with Crippen LogP contribution in [-0.4, -0.2) is 35.7 Å². The van der Waals surface area contributed by atoms with Gasteiger partial charge in [-0.3, -0.25) is 0 Å². The van der Waals surface area contributed by atoms with Gasteiger partial charge in [-0.05, 0) is 50.9 Å². The zero-order chi connectivity index (χ0) is 24.4. The summed E-state index contributed by atoms with van der Waals surface area (Å²) in [7, 11) is 0. The second-order valence-electron chi connectivity index (χ2n) is 9.10. The molecule has 0 aromatic heterocycles. The maximum Gasteiger partial charge on any atom is 0.333 e. The van der Waals surface area contributed by atoms with Crippen LogP contribution < -0.4 is 0 Å². The number of hydrogen-bond donors (Lipinski definition) is 1. The van der Waals surface area contributed by atoms with Gasteiger partial charge in [-0.2, -0.15) is 0 Å². The van der Waals surface area contributed by atoms with Crippen molar-refractivity contribution in [2.75, 3.05) is 6.61 Å². The van der Waals surface area contributed by atoms with Gasteiger partial charge < -0.3 is 14.6 Å². The van der Waals surface area contributed by atoms with Gasteiger partial charge in [-0.1, -0.05) is 53.9 Å². The normalized spacial score (nSPS) is 24.5. The number of aliphatic carboxylic acids is 1. The largest absolute Gasteiger partial charge is 0.478 e. The molecule has 0 radical (unpaired) electrons.